The Morgan fingerprint density at radius 2 is 1.22 bits per heavy atom. The Balaban J connectivity index is -0.000000108. The van der Waals surface area contributed by atoms with Crippen LogP contribution in [0.15, 0.2) is 0 Å². The topological polar surface area (TPSA) is 80.3 Å². The van der Waals surface area contributed by atoms with Gasteiger partial charge in [-0.1, -0.05) is 42.5 Å². The summed E-state index contributed by atoms with van der Waals surface area (Å²) >= 11 is 0. The van der Waals surface area contributed by atoms with E-state index in [-0.39, 0.29) is 32.5 Å². The van der Waals surface area contributed by atoms with Crippen LogP contribution in [0, 0.1) is 11.8 Å². The number of carbonyl (C=O) groups is 2. The average Bonchev–Trinajstić information content (AvgIpc) is 2.01. The van der Waals surface area contributed by atoms with E-state index < -0.39 is 15.9 Å². The van der Waals surface area contributed by atoms with Crippen LogP contribution in [0.3, 0.4) is 0 Å². The van der Waals surface area contributed by atoms with Crippen LogP contribution in [0.25, 0.3) is 0 Å². The molecule has 0 spiro atoms. The fourth-order valence-corrected chi connectivity index (χ4v) is 0.902. The molecule has 0 aliphatic heterocycles. The molecule has 0 saturated carbocycles. The first kappa shape index (κ1) is 25.8. The molecule has 5 nitrogen and oxygen atoms in total. The highest BCUT2D eigenvalue weighted by Gasteiger charge is 2.10. The fraction of sp³-hybridized carbons (Fsp3) is 0.833. The summed E-state index contributed by atoms with van der Waals surface area (Å²) in [6.07, 6.45) is 0.952. The normalized spacial score (nSPS) is 9.56. The van der Waals surface area contributed by atoms with Crippen LogP contribution in [-0.2, 0) is 19.6 Å². The maximum atomic E-state index is 10.7. The minimum Gasteiger partial charge on any atom is -0.300 e. The van der Waals surface area contributed by atoms with Gasteiger partial charge in [0.1, 0.15) is 5.78 Å². The highest BCUT2D eigenvalue weighted by atomic mass is 32.2. The Labute approximate surface area is 112 Å². The van der Waals surface area contributed by atoms with Crippen LogP contribution >= 0.6 is 0 Å². The first-order valence-corrected chi connectivity index (χ1v) is 6.88. The van der Waals surface area contributed by atoms with E-state index in [1.54, 1.807) is 20.8 Å². The lowest BCUT2D eigenvalue weighted by atomic mass is 10.1. The fourth-order valence-electron chi connectivity index (χ4n) is 0.301. The SMILES string of the molecule is C.C.CC(=O)C(C)C.CC(C)C(=O)NS(C)(=O)=O. The third-order valence-electron chi connectivity index (χ3n) is 1.62. The van der Waals surface area contributed by atoms with Gasteiger partial charge in [-0.25, -0.2) is 8.42 Å². The van der Waals surface area contributed by atoms with Crippen molar-refractivity contribution in [1.29, 1.82) is 0 Å². The predicted octanol–water partition coefficient (Wildman–Crippen LogP) is 2.22. The molecule has 0 aliphatic carbocycles. The first-order valence-electron chi connectivity index (χ1n) is 4.99. The van der Waals surface area contributed by atoms with E-state index in [0.717, 1.165) is 6.26 Å². The second kappa shape index (κ2) is 11.2. The largest absolute Gasteiger partial charge is 0.300 e. The zero-order chi connectivity index (χ0) is 13.5. The van der Waals surface area contributed by atoms with Crippen molar-refractivity contribution < 1.29 is 18.0 Å². The van der Waals surface area contributed by atoms with Crippen molar-refractivity contribution in [2.24, 2.45) is 11.8 Å². The Bertz CT molecular complexity index is 332. The van der Waals surface area contributed by atoms with Gasteiger partial charge in [-0.3, -0.25) is 14.3 Å². The molecule has 0 fully saturated rings. The van der Waals surface area contributed by atoms with Gasteiger partial charge >= 0.3 is 0 Å². The molecule has 18 heavy (non-hydrogen) atoms. The molecule has 0 heterocycles. The van der Waals surface area contributed by atoms with Crippen molar-refractivity contribution in [3.05, 3.63) is 0 Å². The van der Waals surface area contributed by atoms with Crippen molar-refractivity contribution in [2.45, 2.75) is 49.5 Å². The van der Waals surface area contributed by atoms with Crippen LogP contribution in [-0.4, -0.2) is 26.4 Å². The van der Waals surface area contributed by atoms with Crippen molar-refractivity contribution in [1.82, 2.24) is 4.72 Å². The van der Waals surface area contributed by atoms with Crippen molar-refractivity contribution >= 4 is 21.7 Å². The van der Waals surface area contributed by atoms with Crippen LogP contribution in [0.5, 0.6) is 0 Å². The average molecular weight is 283 g/mol. The Morgan fingerprint density at radius 1 is 0.944 bits per heavy atom. The summed E-state index contributed by atoms with van der Waals surface area (Å²) < 4.78 is 22.7. The van der Waals surface area contributed by atoms with Gasteiger partial charge < -0.3 is 0 Å². The van der Waals surface area contributed by atoms with Crippen molar-refractivity contribution in [3.8, 4) is 0 Å². The van der Waals surface area contributed by atoms with E-state index in [1.165, 1.54) is 0 Å². The second-order valence-corrected chi connectivity index (χ2v) is 5.91. The zero-order valence-electron chi connectivity index (χ0n) is 10.7. The molecular formula is C12H29NO4S. The lowest BCUT2D eigenvalue weighted by Gasteiger charge is -2.03. The summed E-state index contributed by atoms with van der Waals surface area (Å²) in [6, 6.07) is 0. The number of amides is 1. The lowest BCUT2D eigenvalue weighted by molar-refractivity contribution is -0.122. The molecule has 112 valence electrons. The summed E-state index contributed by atoms with van der Waals surface area (Å²) in [5.41, 5.74) is 0. The summed E-state index contributed by atoms with van der Waals surface area (Å²) in [4.78, 5) is 20.8. The number of rotatable bonds is 3. The summed E-state index contributed by atoms with van der Waals surface area (Å²) in [5.74, 6) is -0.294. The smallest absolute Gasteiger partial charge is 0.235 e. The summed E-state index contributed by atoms with van der Waals surface area (Å²) in [6.45, 7) is 8.64. The van der Waals surface area contributed by atoms with Crippen LogP contribution in [0.2, 0.25) is 0 Å². The number of ketones is 1. The quantitative estimate of drug-likeness (QED) is 0.861. The van der Waals surface area contributed by atoms with E-state index in [9.17, 15) is 18.0 Å². The van der Waals surface area contributed by atoms with Crippen LogP contribution in [0.1, 0.15) is 49.5 Å². The van der Waals surface area contributed by atoms with E-state index >= 15 is 0 Å². The summed E-state index contributed by atoms with van der Waals surface area (Å²) in [7, 11) is -3.37. The molecule has 0 radical (unpaired) electrons. The predicted molar refractivity (Wildman–Crippen MR) is 76.8 cm³/mol. The molecule has 0 atom stereocenters. The first-order chi connectivity index (χ1) is 6.97. The molecular weight excluding hydrogens is 254 g/mol. The van der Waals surface area contributed by atoms with Gasteiger partial charge in [0.25, 0.3) is 0 Å². The van der Waals surface area contributed by atoms with Crippen molar-refractivity contribution in [3.63, 3.8) is 0 Å². The molecule has 1 amide bonds. The maximum absolute atomic E-state index is 10.7. The third kappa shape index (κ3) is 20.5. The second-order valence-electron chi connectivity index (χ2n) is 4.16. The number of nitrogens with one attached hydrogen (secondary N) is 1. The molecule has 0 bridgehead atoms. The van der Waals surface area contributed by atoms with Gasteiger partial charge in [0.05, 0.1) is 6.26 Å². The highest BCUT2D eigenvalue weighted by Crippen LogP contribution is 1.91. The Kier molecular flexibility index (Phi) is 16.1. The van der Waals surface area contributed by atoms with Gasteiger partial charge in [0, 0.05) is 11.8 Å². The van der Waals surface area contributed by atoms with Crippen LogP contribution in [0.4, 0.5) is 0 Å². The maximum Gasteiger partial charge on any atom is 0.235 e. The zero-order valence-corrected chi connectivity index (χ0v) is 11.5. The third-order valence-corrected chi connectivity index (χ3v) is 2.20. The van der Waals surface area contributed by atoms with Gasteiger partial charge in [0.15, 0.2) is 0 Å². The number of Topliss-reactive ketones (excluding diaryl/α,β-unsaturated/α-hetero) is 1. The number of hydrogen-bond donors (Lipinski definition) is 1. The molecule has 0 aromatic rings. The van der Waals surface area contributed by atoms with Crippen LogP contribution < -0.4 is 4.72 Å². The molecule has 0 aliphatic rings. The minimum atomic E-state index is -3.37. The van der Waals surface area contributed by atoms with E-state index in [0.29, 0.717) is 0 Å². The molecule has 0 unspecified atom stereocenters. The molecule has 0 saturated heterocycles. The Hall–Kier alpha value is -0.910. The van der Waals surface area contributed by atoms with E-state index in [2.05, 4.69) is 0 Å². The van der Waals surface area contributed by atoms with Gasteiger partial charge in [-0.05, 0) is 6.92 Å². The summed E-state index contributed by atoms with van der Waals surface area (Å²) in [5, 5.41) is 0. The molecule has 0 aromatic carbocycles. The van der Waals surface area contributed by atoms with Gasteiger partial charge in [-0.15, -0.1) is 0 Å². The van der Waals surface area contributed by atoms with E-state index in [1.807, 2.05) is 18.6 Å². The molecule has 1 N–H and O–H groups in total. The number of sulfonamides is 1. The molecule has 0 aromatic heterocycles. The minimum absolute atomic E-state index is 0. The monoisotopic (exact) mass is 283 g/mol. The lowest BCUT2D eigenvalue weighted by Crippen LogP contribution is -2.32. The van der Waals surface area contributed by atoms with Gasteiger partial charge in [0.2, 0.25) is 15.9 Å². The molecule has 6 heteroatoms. The molecule has 0 rings (SSSR count). The number of hydrogen-bond acceptors (Lipinski definition) is 4. The Morgan fingerprint density at radius 3 is 1.28 bits per heavy atom. The van der Waals surface area contributed by atoms with Gasteiger partial charge in [-0.2, -0.15) is 0 Å². The standard InChI is InChI=1S/C5H11NO3S.C5H10O.2CH4/c1-4(2)5(7)6-10(3,8)9;1-4(2)5(3)6;;/h4H,1-3H3,(H,6,7);4H,1-3H3;2*1H4. The highest BCUT2D eigenvalue weighted by molar-refractivity contribution is 7.89. The van der Waals surface area contributed by atoms with Crippen molar-refractivity contribution in [2.75, 3.05) is 6.26 Å². The van der Waals surface area contributed by atoms with E-state index in [4.69, 9.17) is 0 Å². The number of carbonyl (C=O) groups excluding carboxylic acids is 2.